The van der Waals surface area contributed by atoms with E-state index in [-0.39, 0.29) is 10.1 Å². The molecule has 1 aliphatic heterocycles. The van der Waals surface area contributed by atoms with Crippen LogP contribution in [0.15, 0.2) is 24.3 Å². The van der Waals surface area contributed by atoms with Crippen LogP contribution in [0.1, 0.15) is 73.9 Å². The van der Waals surface area contributed by atoms with Crippen molar-refractivity contribution >= 4 is 40.1 Å². The summed E-state index contributed by atoms with van der Waals surface area (Å²) < 4.78 is 0.828. The number of rotatable bonds is 8. The Bertz CT molecular complexity index is 1020. The zero-order chi connectivity index (χ0) is 24.3. The molecule has 1 fully saturated rings. The number of phenols is 2. The van der Waals surface area contributed by atoms with Gasteiger partial charge < -0.3 is 10.2 Å². The van der Waals surface area contributed by atoms with Crippen molar-refractivity contribution in [1.29, 1.82) is 0 Å². The number of benzene rings is 2. The fourth-order valence-electron chi connectivity index (χ4n) is 4.03. The van der Waals surface area contributed by atoms with Gasteiger partial charge in [-0.3, -0.25) is 5.01 Å². The quantitative estimate of drug-likeness (QED) is 0.338. The highest BCUT2D eigenvalue weighted by Gasteiger charge is 2.29. The molecule has 7 heteroatoms. The molecule has 3 N–H and O–H groups in total. The normalized spacial score (nSPS) is 16.6. The maximum absolute atomic E-state index is 10.9. The van der Waals surface area contributed by atoms with E-state index in [9.17, 15) is 10.2 Å². The molecule has 0 amide bonds. The number of phenolic OH excluding ortho intramolecular Hbond substituents is 2. The number of hydrazine groups is 1. The number of aryl methyl sites for hydroxylation is 3. The third-order valence-electron chi connectivity index (χ3n) is 5.76. The standard InChI is InChI=1S/C26H36N2O2S3/c1-7-8-9-18-10-16(2)11-19(22(18)29)14-28-25(31)33-24(27-28)32-15-20-12-17(3)13-21(23(20)30)26(4,5)6/h10-13,24,27,29-30H,7-9,14-15H2,1-6H3. The molecule has 180 valence electrons. The van der Waals surface area contributed by atoms with E-state index in [0.717, 1.165) is 57.0 Å². The van der Waals surface area contributed by atoms with E-state index >= 15 is 0 Å². The van der Waals surface area contributed by atoms with Gasteiger partial charge in [0, 0.05) is 16.9 Å². The third kappa shape index (κ3) is 6.59. The molecule has 0 aromatic heterocycles. The van der Waals surface area contributed by atoms with Crippen LogP contribution in [0.25, 0.3) is 0 Å². The minimum absolute atomic E-state index is 0.0574. The summed E-state index contributed by atoms with van der Waals surface area (Å²) in [5.74, 6) is 1.47. The number of hydrogen-bond acceptors (Lipinski definition) is 6. The fraction of sp³-hybridized carbons (Fsp3) is 0.500. The zero-order valence-electron chi connectivity index (χ0n) is 20.5. The smallest absolute Gasteiger partial charge is 0.153 e. The van der Waals surface area contributed by atoms with Crippen molar-refractivity contribution in [3.05, 3.63) is 57.6 Å². The Morgan fingerprint density at radius 2 is 1.67 bits per heavy atom. The molecule has 0 spiro atoms. The average Bonchev–Trinajstić information content (AvgIpc) is 3.08. The van der Waals surface area contributed by atoms with Gasteiger partial charge in [0.25, 0.3) is 0 Å². The lowest BCUT2D eigenvalue weighted by Crippen LogP contribution is -2.35. The van der Waals surface area contributed by atoms with Crippen molar-refractivity contribution in [3.63, 3.8) is 0 Å². The predicted octanol–water partition coefficient (Wildman–Crippen LogP) is 6.91. The van der Waals surface area contributed by atoms with Gasteiger partial charge in [-0.25, -0.2) is 5.43 Å². The molecule has 0 radical (unpaired) electrons. The van der Waals surface area contributed by atoms with E-state index in [2.05, 4.69) is 65.2 Å². The van der Waals surface area contributed by atoms with Gasteiger partial charge in [-0.05, 0) is 43.2 Å². The molecular formula is C26H36N2O2S3. The minimum atomic E-state index is -0.111. The van der Waals surface area contributed by atoms with Crippen LogP contribution in [0.5, 0.6) is 11.5 Å². The number of hydrogen-bond donors (Lipinski definition) is 3. The van der Waals surface area contributed by atoms with Crippen LogP contribution in [0.4, 0.5) is 0 Å². The topological polar surface area (TPSA) is 55.7 Å². The first kappa shape index (κ1) is 26.2. The fourth-order valence-corrected chi connectivity index (χ4v) is 6.73. The Kier molecular flexibility index (Phi) is 8.65. The second-order valence-electron chi connectivity index (χ2n) is 9.85. The van der Waals surface area contributed by atoms with E-state index in [1.165, 1.54) is 0 Å². The highest BCUT2D eigenvalue weighted by Crippen LogP contribution is 2.39. The summed E-state index contributed by atoms with van der Waals surface area (Å²) in [6.07, 6.45) is 3.05. The summed E-state index contributed by atoms with van der Waals surface area (Å²) in [5, 5.41) is 23.6. The van der Waals surface area contributed by atoms with Crippen molar-refractivity contribution in [2.75, 3.05) is 0 Å². The molecule has 1 unspecified atom stereocenters. The van der Waals surface area contributed by atoms with Crippen molar-refractivity contribution in [3.8, 4) is 11.5 Å². The molecule has 0 aliphatic carbocycles. The Hall–Kier alpha value is -1.41. The summed E-state index contributed by atoms with van der Waals surface area (Å²) in [6, 6.07) is 8.26. The van der Waals surface area contributed by atoms with Gasteiger partial charge in [0.05, 0.1) is 6.54 Å². The number of nitrogens with zero attached hydrogens (tertiary/aromatic N) is 1. The largest absolute Gasteiger partial charge is 0.507 e. The molecule has 33 heavy (non-hydrogen) atoms. The zero-order valence-corrected chi connectivity index (χ0v) is 22.9. The monoisotopic (exact) mass is 504 g/mol. The van der Waals surface area contributed by atoms with Gasteiger partial charge in [-0.1, -0.05) is 93.5 Å². The summed E-state index contributed by atoms with van der Waals surface area (Å²) in [4.78, 5) is 0. The second kappa shape index (κ2) is 10.9. The van der Waals surface area contributed by atoms with Crippen LogP contribution < -0.4 is 5.43 Å². The highest BCUT2D eigenvalue weighted by atomic mass is 32.2. The van der Waals surface area contributed by atoms with Crippen LogP contribution in [0.2, 0.25) is 0 Å². The summed E-state index contributed by atoms with van der Waals surface area (Å²) in [6.45, 7) is 13.2. The number of nitrogens with one attached hydrogen (secondary N) is 1. The van der Waals surface area contributed by atoms with Crippen molar-refractivity contribution < 1.29 is 10.2 Å². The summed E-state index contributed by atoms with van der Waals surface area (Å²) in [7, 11) is 0. The SMILES string of the molecule is CCCCc1cc(C)cc(CN2NC(SCc3cc(C)cc(C(C)(C)C)c3O)SC2=S)c1O. The van der Waals surface area contributed by atoms with Gasteiger partial charge in [0.2, 0.25) is 0 Å². The van der Waals surface area contributed by atoms with Gasteiger partial charge in [0.15, 0.2) is 4.32 Å². The summed E-state index contributed by atoms with van der Waals surface area (Å²) >= 11 is 8.95. The van der Waals surface area contributed by atoms with Gasteiger partial charge in [-0.15, -0.1) is 11.8 Å². The molecule has 3 rings (SSSR count). The van der Waals surface area contributed by atoms with Crippen LogP contribution >= 0.6 is 35.7 Å². The van der Waals surface area contributed by atoms with Crippen molar-refractivity contribution in [1.82, 2.24) is 10.4 Å². The molecular weight excluding hydrogens is 468 g/mol. The van der Waals surface area contributed by atoms with E-state index in [1.807, 2.05) is 11.1 Å². The van der Waals surface area contributed by atoms with Gasteiger partial charge in [-0.2, -0.15) is 0 Å². The van der Waals surface area contributed by atoms with E-state index in [4.69, 9.17) is 12.2 Å². The average molecular weight is 505 g/mol. The highest BCUT2D eigenvalue weighted by molar-refractivity contribution is 8.30. The van der Waals surface area contributed by atoms with Crippen LogP contribution in [0, 0.1) is 13.8 Å². The van der Waals surface area contributed by atoms with Gasteiger partial charge >= 0.3 is 0 Å². The maximum atomic E-state index is 10.9. The Morgan fingerprint density at radius 3 is 2.33 bits per heavy atom. The first-order valence-electron chi connectivity index (χ1n) is 11.5. The maximum Gasteiger partial charge on any atom is 0.153 e. The van der Waals surface area contributed by atoms with Gasteiger partial charge in [0.1, 0.15) is 16.2 Å². The Labute approximate surface area is 212 Å². The second-order valence-corrected chi connectivity index (χ2v) is 13.0. The minimum Gasteiger partial charge on any atom is -0.507 e. The molecule has 1 heterocycles. The molecule has 1 aliphatic rings. The van der Waals surface area contributed by atoms with E-state index in [1.54, 1.807) is 23.5 Å². The number of unbranched alkanes of at least 4 members (excludes halogenated alkanes) is 1. The van der Waals surface area contributed by atoms with Crippen LogP contribution in [-0.4, -0.2) is 24.2 Å². The lowest BCUT2D eigenvalue weighted by Gasteiger charge is -2.23. The van der Waals surface area contributed by atoms with E-state index in [0.29, 0.717) is 23.8 Å². The molecule has 0 saturated carbocycles. The third-order valence-corrected chi connectivity index (χ3v) is 8.59. The molecule has 1 atom stereocenters. The molecule has 4 nitrogen and oxygen atoms in total. The number of aromatic hydroxyl groups is 2. The van der Waals surface area contributed by atoms with Crippen molar-refractivity contribution in [2.45, 2.75) is 83.2 Å². The van der Waals surface area contributed by atoms with Crippen LogP contribution in [0.3, 0.4) is 0 Å². The predicted molar refractivity (Wildman–Crippen MR) is 147 cm³/mol. The van der Waals surface area contributed by atoms with E-state index < -0.39 is 0 Å². The Balaban J connectivity index is 1.68. The number of thioether (sulfide) groups is 2. The first-order chi connectivity index (χ1) is 15.5. The molecule has 1 saturated heterocycles. The Morgan fingerprint density at radius 1 is 1.03 bits per heavy atom. The first-order valence-corrected chi connectivity index (χ1v) is 13.8. The lowest BCUT2D eigenvalue weighted by atomic mass is 9.84. The molecule has 0 bridgehead atoms. The summed E-state index contributed by atoms with van der Waals surface area (Å²) in [5.41, 5.74) is 9.52. The van der Waals surface area contributed by atoms with Crippen LogP contribution in [-0.2, 0) is 24.1 Å². The lowest BCUT2D eigenvalue weighted by molar-refractivity contribution is 0.331. The molecule has 2 aromatic rings. The van der Waals surface area contributed by atoms with Crippen molar-refractivity contribution in [2.24, 2.45) is 0 Å². The number of thiocarbonyl (C=S) groups is 1. The molecule has 2 aromatic carbocycles.